The van der Waals surface area contributed by atoms with E-state index in [9.17, 15) is 0 Å². The van der Waals surface area contributed by atoms with Crippen LogP contribution in [0.15, 0.2) is 0 Å². The van der Waals surface area contributed by atoms with Crippen molar-refractivity contribution in [2.75, 3.05) is 68.0 Å². The summed E-state index contributed by atoms with van der Waals surface area (Å²) in [4.78, 5) is 2.58. The van der Waals surface area contributed by atoms with Gasteiger partial charge in [0.2, 0.25) is 0 Å². The summed E-state index contributed by atoms with van der Waals surface area (Å²) in [5, 5.41) is 0. The molecule has 3 heteroatoms. The maximum atomic E-state index is 2.58. The first-order valence-electron chi connectivity index (χ1n) is 6.96. The van der Waals surface area contributed by atoms with Crippen LogP contribution in [0.5, 0.6) is 0 Å². The Morgan fingerprint density at radius 2 is 1.88 bits per heavy atom. The van der Waals surface area contributed by atoms with E-state index in [4.69, 9.17) is 0 Å². The maximum Gasteiger partial charge on any atom is 0.117 e. The van der Waals surface area contributed by atoms with Gasteiger partial charge in [0.25, 0.3) is 0 Å². The molecule has 1 rings (SSSR count). The highest BCUT2D eigenvalue weighted by molar-refractivity contribution is 4.87. The zero-order valence-electron chi connectivity index (χ0n) is 13.1. The first-order chi connectivity index (χ1) is 7.60. The van der Waals surface area contributed by atoms with E-state index in [2.05, 4.69) is 54.0 Å². The summed E-state index contributed by atoms with van der Waals surface area (Å²) in [5.74, 6) is 0. The minimum absolute atomic E-state index is 0.334. The molecule has 1 aliphatic heterocycles. The number of hydrogen-bond donors (Lipinski definition) is 0. The molecule has 1 atom stereocenters. The van der Waals surface area contributed by atoms with Crippen molar-refractivity contribution in [1.82, 2.24) is 4.90 Å². The van der Waals surface area contributed by atoms with Crippen molar-refractivity contribution in [3.63, 3.8) is 0 Å². The van der Waals surface area contributed by atoms with Crippen LogP contribution < -0.4 is 0 Å². The van der Waals surface area contributed by atoms with Crippen LogP contribution in [0.25, 0.3) is 0 Å². The van der Waals surface area contributed by atoms with Crippen LogP contribution in [0, 0.1) is 0 Å². The van der Waals surface area contributed by atoms with Crippen molar-refractivity contribution in [1.29, 1.82) is 0 Å². The van der Waals surface area contributed by atoms with Gasteiger partial charge in [-0.25, -0.2) is 0 Å². The molecule has 0 saturated carbocycles. The smallest absolute Gasteiger partial charge is 0.117 e. The molecule has 0 unspecified atom stereocenters. The number of quaternary nitrogens is 2. The van der Waals surface area contributed by atoms with Gasteiger partial charge in [-0.15, -0.1) is 0 Å². The van der Waals surface area contributed by atoms with Crippen LogP contribution in [-0.2, 0) is 0 Å². The lowest BCUT2D eigenvalue weighted by molar-refractivity contribution is -0.923. The zero-order chi connectivity index (χ0) is 13.3. The van der Waals surface area contributed by atoms with Crippen molar-refractivity contribution in [3.05, 3.63) is 0 Å². The van der Waals surface area contributed by atoms with Crippen molar-refractivity contribution in [3.8, 4) is 0 Å². The summed E-state index contributed by atoms with van der Waals surface area (Å²) >= 11 is 0. The Kier molecular flexibility index (Phi) is 4.28. The molecular formula is C14H33N3+2. The highest BCUT2D eigenvalue weighted by Crippen LogP contribution is 2.25. The minimum atomic E-state index is 0.334. The summed E-state index contributed by atoms with van der Waals surface area (Å²) in [6.45, 7) is 11.0. The largest absolute Gasteiger partial charge is 0.327 e. The predicted molar refractivity (Wildman–Crippen MR) is 75.0 cm³/mol. The van der Waals surface area contributed by atoms with Crippen molar-refractivity contribution >= 4 is 0 Å². The molecule has 102 valence electrons. The topological polar surface area (TPSA) is 3.24 Å². The molecule has 0 aromatic carbocycles. The van der Waals surface area contributed by atoms with Gasteiger partial charge < -0.3 is 8.97 Å². The molecule has 0 aromatic rings. The molecule has 0 aliphatic carbocycles. The van der Waals surface area contributed by atoms with Crippen molar-refractivity contribution in [2.24, 2.45) is 0 Å². The molecule has 0 N–H and O–H groups in total. The highest BCUT2D eigenvalue weighted by Gasteiger charge is 2.45. The van der Waals surface area contributed by atoms with E-state index in [-0.39, 0.29) is 0 Å². The normalized spacial score (nSPS) is 30.5. The van der Waals surface area contributed by atoms with Gasteiger partial charge in [0.1, 0.15) is 18.6 Å². The Hall–Kier alpha value is -0.120. The minimum Gasteiger partial charge on any atom is -0.327 e. The molecule has 0 spiro atoms. The molecule has 3 nitrogen and oxygen atoms in total. The first kappa shape index (κ1) is 14.9. The van der Waals surface area contributed by atoms with Gasteiger partial charge in [-0.1, -0.05) is 6.92 Å². The SMILES string of the molecule is CCC[N+](C)(C)C[C@]1(C)C[N+](C)(C)CCN1C. The van der Waals surface area contributed by atoms with E-state index in [0.29, 0.717) is 5.54 Å². The van der Waals surface area contributed by atoms with Gasteiger partial charge in [0.15, 0.2) is 0 Å². The standard InChI is InChI=1S/C14H33N3/c1-8-10-16(4,5)12-14(2)13-17(6,7)11-9-15(14)3/h8-13H2,1-7H3/q+2/t14-/m1/s1. The predicted octanol–water partition coefficient (Wildman–Crippen LogP) is 1.25. The fraction of sp³-hybridized carbons (Fsp3) is 1.00. The van der Waals surface area contributed by atoms with Gasteiger partial charge in [0, 0.05) is 6.54 Å². The molecule has 1 aliphatic rings. The zero-order valence-corrected chi connectivity index (χ0v) is 13.1. The Morgan fingerprint density at radius 3 is 2.41 bits per heavy atom. The number of rotatable bonds is 4. The average molecular weight is 243 g/mol. The summed E-state index contributed by atoms with van der Waals surface area (Å²) < 4.78 is 2.30. The second-order valence-corrected chi connectivity index (χ2v) is 7.55. The van der Waals surface area contributed by atoms with Crippen molar-refractivity contribution < 1.29 is 8.97 Å². The van der Waals surface area contributed by atoms with Gasteiger partial charge in [-0.05, 0) is 20.4 Å². The third-order valence-corrected chi connectivity index (χ3v) is 4.33. The summed E-state index contributed by atoms with van der Waals surface area (Å²) in [6, 6.07) is 0. The summed E-state index contributed by atoms with van der Waals surface area (Å²) in [7, 11) is 11.8. The maximum absolute atomic E-state index is 2.58. The van der Waals surface area contributed by atoms with Crippen LogP contribution in [-0.4, -0.2) is 87.4 Å². The van der Waals surface area contributed by atoms with Crippen LogP contribution in [0.2, 0.25) is 0 Å². The van der Waals surface area contributed by atoms with Crippen LogP contribution in [0.3, 0.4) is 0 Å². The molecule has 1 saturated heterocycles. The van der Waals surface area contributed by atoms with Gasteiger partial charge in [0.05, 0.1) is 41.3 Å². The lowest BCUT2D eigenvalue weighted by Gasteiger charge is -2.51. The second-order valence-electron chi connectivity index (χ2n) is 7.55. The lowest BCUT2D eigenvalue weighted by Crippen LogP contribution is -2.69. The summed E-state index contributed by atoms with van der Waals surface area (Å²) in [5.41, 5.74) is 0.334. The molecule has 0 aromatic heterocycles. The number of piperazine rings is 1. The fourth-order valence-corrected chi connectivity index (χ4v) is 3.59. The van der Waals surface area contributed by atoms with Gasteiger partial charge in [-0.2, -0.15) is 0 Å². The number of hydrogen-bond acceptors (Lipinski definition) is 1. The first-order valence-corrected chi connectivity index (χ1v) is 6.96. The van der Waals surface area contributed by atoms with Gasteiger partial charge >= 0.3 is 0 Å². The highest BCUT2D eigenvalue weighted by atomic mass is 15.4. The molecule has 1 fully saturated rings. The number of nitrogens with zero attached hydrogens (tertiary/aromatic N) is 3. The Labute approximate surface area is 108 Å². The van der Waals surface area contributed by atoms with E-state index < -0.39 is 0 Å². The van der Waals surface area contributed by atoms with Crippen molar-refractivity contribution in [2.45, 2.75) is 25.8 Å². The number of likely N-dealkylation sites (N-methyl/N-ethyl adjacent to an activating group) is 3. The molecule has 1 heterocycles. The third-order valence-electron chi connectivity index (χ3n) is 4.33. The molecule has 0 bridgehead atoms. The van der Waals surface area contributed by atoms with E-state index in [0.717, 1.165) is 8.97 Å². The second kappa shape index (κ2) is 4.87. The van der Waals surface area contributed by atoms with E-state index in [1.165, 1.54) is 39.1 Å². The van der Waals surface area contributed by atoms with Crippen LogP contribution >= 0.6 is 0 Å². The van der Waals surface area contributed by atoms with Crippen LogP contribution in [0.1, 0.15) is 20.3 Å². The molecular weight excluding hydrogens is 210 g/mol. The average Bonchev–Trinajstić information content (AvgIpc) is 2.09. The monoisotopic (exact) mass is 243 g/mol. The lowest BCUT2D eigenvalue weighted by atomic mass is 9.94. The molecule has 0 amide bonds. The quantitative estimate of drug-likeness (QED) is 0.672. The Morgan fingerprint density at radius 1 is 1.29 bits per heavy atom. The van der Waals surface area contributed by atoms with E-state index >= 15 is 0 Å². The van der Waals surface area contributed by atoms with Gasteiger partial charge in [-0.3, -0.25) is 4.90 Å². The Bertz CT molecular complexity index is 260. The molecule has 17 heavy (non-hydrogen) atoms. The van der Waals surface area contributed by atoms with E-state index in [1.54, 1.807) is 0 Å². The summed E-state index contributed by atoms with van der Waals surface area (Å²) in [6.07, 6.45) is 1.27. The molecule has 0 radical (unpaired) electrons. The van der Waals surface area contributed by atoms with Crippen LogP contribution in [0.4, 0.5) is 0 Å². The third kappa shape index (κ3) is 3.94. The Balaban J connectivity index is 2.77. The van der Waals surface area contributed by atoms with E-state index in [1.807, 2.05) is 0 Å². The fourth-order valence-electron chi connectivity index (χ4n) is 3.59.